The van der Waals surface area contributed by atoms with Crippen LogP contribution < -0.4 is 0 Å². The summed E-state index contributed by atoms with van der Waals surface area (Å²) in [6, 6.07) is 0. The highest BCUT2D eigenvalue weighted by Gasteiger charge is 1.99. The van der Waals surface area contributed by atoms with Crippen LogP contribution in [0, 0.1) is 0 Å². The largest absolute Gasteiger partial charge is 0.478 e. The third kappa shape index (κ3) is 9.88. The molecule has 2 heteroatoms. The van der Waals surface area contributed by atoms with Crippen molar-refractivity contribution in [1.82, 2.24) is 0 Å². The first-order valence-corrected chi connectivity index (χ1v) is 6.95. The molecule has 2 nitrogen and oxygen atoms in total. The van der Waals surface area contributed by atoms with E-state index in [4.69, 9.17) is 5.11 Å². The second-order valence-corrected chi connectivity index (χ2v) is 4.41. The van der Waals surface area contributed by atoms with Gasteiger partial charge in [-0.1, -0.05) is 63.3 Å². The molecule has 0 aromatic heterocycles. The van der Waals surface area contributed by atoms with E-state index in [-0.39, 0.29) is 0 Å². The highest BCUT2D eigenvalue weighted by molar-refractivity contribution is 5.90. The fraction of sp³-hybridized carbons (Fsp3) is 0.562. The van der Waals surface area contributed by atoms with Crippen LogP contribution in [0.15, 0.2) is 36.0 Å². The minimum atomic E-state index is -0.877. The molecule has 0 radical (unpaired) electrons. The lowest BCUT2D eigenvalue weighted by Gasteiger charge is -1.97. The summed E-state index contributed by atoms with van der Waals surface area (Å²) in [7, 11) is 0. The van der Waals surface area contributed by atoms with Crippen molar-refractivity contribution in [2.75, 3.05) is 0 Å². The van der Waals surface area contributed by atoms with Crippen molar-refractivity contribution in [2.24, 2.45) is 0 Å². The molecule has 0 aromatic rings. The monoisotopic (exact) mass is 250 g/mol. The van der Waals surface area contributed by atoms with Crippen molar-refractivity contribution >= 4 is 5.97 Å². The predicted molar refractivity (Wildman–Crippen MR) is 77.7 cm³/mol. The molecule has 0 fully saturated rings. The highest BCUT2D eigenvalue weighted by Crippen LogP contribution is 2.07. The van der Waals surface area contributed by atoms with E-state index in [1.807, 2.05) is 19.1 Å². The highest BCUT2D eigenvalue weighted by atomic mass is 16.4. The molecule has 0 amide bonds. The lowest BCUT2D eigenvalue weighted by atomic mass is 10.1. The lowest BCUT2D eigenvalue weighted by Crippen LogP contribution is -1.96. The lowest BCUT2D eigenvalue weighted by molar-refractivity contribution is -0.132. The molecule has 18 heavy (non-hydrogen) atoms. The van der Waals surface area contributed by atoms with Crippen molar-refractivity contribution in [3.8, 4) is 0 Å². The molecule has 0 unspecified atom stereocenters. The molecule has 0 heterocycles. The summed E-state index contributed by atoms with van der Waals surface area (Å²) in [5.41, 5.74) is 0.330. The van der Waals surface area contributed by atoms with Gasteiger partial charge in [0.05, 0.1) is 5.57 Å². The first kappa shape index (κ1) is 16.7. The van der Waals surface area contributed by atoms with Crippen LogP contribution in [0.3, 0.4) is 0 Å². The predicted octanol–water partition coefficient (Wildman–Crippen LogP) is 4.88. The summed E-state index contributed by atoms with van der Waals surface area (Å²) in [6.45, 7) is 4.04. The van der Waals surface area contributed by atoms with E-state index in [1.54, 1.807) is 18.2 Å². The Morgan fingerprint density at radius 3 is 2.39 bits per heavy atom. The average molecular weight is 250 g/mol. The summed E-state index contributed by atoms with van der Waals surface area (Å²) >= 11 is 0. The Hall–Kier alpha value is -1.31. The van der Waals surface area contributed by atoms with Crippen LogP contribution in [0.2, 0.25) is 0 Å². The van der Waals surface area contributed by atoms with Crippen LogP contribution >= 0.6 is 0 Å². The van der Waals surface area contributed by atoms with Gasteiger partial charge in [-0.15, -0.1) is 0 Å². The molecule has 0 saturated carbocycles. The molecule has 0 aliphatic carbocycles. The van der Waals surface area contributed by atoms with Crippen LogP contribution in [0.25, 0.3) is 0 Å². The fourth-order valence-electron chi connectivity index (χ4n) is 1.69. The van der Waals surface area contributed by atoms with Gasteiger partial charge < -0.3 is 5.11 Å². The zero-order chi connectivity index (χ0) is 13.6. The van der Waals surface area contributed by atoms with Gasteiger partial charge in [-0.05, 0) is 25.8 Å². The maximum Gasteiger partial charge on any atom is 0.335 e. The number of allylic oxidation sites excluding steroid dienone is 4. The van der Waals surface area contributed by atoms with Gasteiger partial charge in [0.25, 0.3) is 0 Å². The first-order chi connectivity index (χ1) is 8.72. The van der Waals surface area contributed by atoms with Crippen LogP contribution in [0.5, 0.6) is 0 Å². The Morgan fingerprint density at radius 1 is 1.11 bits per heavy atom. The molecule has 0 aromatic carbocycles. The molecule has 0 rings (SSSR count). The van der Waals surface area contributed by atoms with Gasteiger partial charge in [-0.2, -0.15) is 0 Å². The van der Waals surface area contributed by atoms with E-state index in [0.29, 0.717) is 5.57 Å². The third-order valence-electron chi connectivity index (χ3n) is 2.73. The summed E-state index contributed by atoms with van der Waals surface area (Å²) in [5.74, 6) is -0.877. The number of hydrogen-bond acceptors (Lipinski definition) is 1. The number of carboxylic acid groups (broad SMARTS) is 1. The van der Waals surface area contributed by atoms with Crippen molar-refractivity contribution in [1.29, 1.82) is 0 Å². The minimum absolute atomic E-state index is 0.330. The molecule has 1 N–H and O–H groups in total. The molecule has 0 saturated heterocycles. The van der Waals surface area contributed by atoms with Gasteiger partial charge in [0.2, 0.25) is 0 Å². The first-order valence-electron chi connectivity index (χ1n) is 6.95. The topological polar surface area (TPSA) is 37.3 Å². The molecule has 0 aliphatic heterocycles. The minimum Gasteiger partial charge on any atom is -0.478 e. The Balaban J connectivity index is 3.75. The normalized spacial score (nSPS) is 12.7. The van der Waals surface area contributed by atoms with E-state index in [2.05, 4.69) is 6.92 Å². The van der Waals surface area contributed by atoms with Gasteiger partial charge in [0, 0.05) is 0 Å². The van der Waals surface area contributed by atoms with Crippen LogP contribution in [-0.2, 0) is 4.79 Å². The second-order valence-electron chi connectivity index (χ2n) is 4.41. The van der Waals surface area contributed by atoms with Gasteiger partial charge >= 0.3 is 5.97 Å². The van der Waals surface area contributed by atoms with E-state index in [9.17, 15) is 4.79 Å². The smallest absolute Gasteiger partial charge is 0.335 e. The maximum atomic E-state index is 10.8. The average Bonchev–Trinajstić information content (AvgIpc) is 2.35. The van der Waals surface area contributed by atoms with Crippen molar-refractivity contribution in [3.63, 3.8) is 0 Å². The van der Waals surface area contributed by atoms with Crippen LogP contribution in [-0.4, -0.2) is 11.1 Å². The number of carboxylic acids is 1. The van der Waals surface area contributed by atoms with Gasteiger partial charge in [-0.25, -0.2) is 4.79 Å². The summed E-state index contributed by atoms with van der Waals surface area (Å²) < 4.78 is 0. The molecule has 102 valence electrons. The Kier molecular flexibility index (Phi) is 11.3. The fourth-order valence-corrected chi connectivity index (χ4v) is 1.69. The van der Waals surface area contributed by atoms with Crippen molar-refractivity contribution in [2.45, 2.75) is 58.8 Å². The molecular formula is C16H26O2. The van der Waals surface area contributed by atoms with Gasteiger partial charge in [-0.3, -0.25) is 0 Å². The number of hydrogen-bond donors (Lipinski definition) is 1. The quantitative estimate of drug-likeness (QED) is 0.341. The van der Waals surface area contributed by atoms with E-state index < -0.39 is 5.97 Å². The number of rotatable bonds is 10. The summed E-state index contributed by atoms with van der Waals surface area (Å²) in [4.78, 5) is 10.8. The molecule has 0 spiro atoms. The maximum absolute atomic E-state index is 10.8. The number of carbonyl (C=O) groups is 1. The van der Waals surface area contributed by atoms with Gasteiger partial charge in [0.15, 0.2) is 0 Å². The number of unbranched alkanes of at least 4 members (excludes halogenated alkanes) is 6. The molecule has 0 atom stereocenters. The SMILES string of the molecule is CC=CC(=CC=CCCCCCCCC)C(=O)O. The van der Waals surface area contributed by atoms with E-state index in [0.717, 1.165) is 6.42 Å². The van der Waals surface area contributed by atoms with Crippen LogP contribution in [0.4, 0.5) is 0 Å². The zero-order valence-corrected chi connectivity index (χ0v) is 11.7. The standard InChI is InChI=1S/C16H26O2/c1-3-5-6-7-8-9-10-11-12-14-15(13-4-2)16(17)18/h4,11-14H,3,5-10H2,1-2H3,(H,17,18). The van der Waals surface area contributed by atoms with Crippen molar-refractivity contribution < 1.29 is 9.90 Å². The van der Waals surface area contributed by atoms with Crippen molar-refractivity contribution in [3.05, 3.63) is 36.0 Å². The molecular weight excluding hydrogens is 224 g/mol. The van der Waals surface area contributed by atoms with Crippen LogP contribution in [0.1, 0.15) is 58.8 Å². The Morgan fingerprint density at radius 2 is 1.78 bits per heavy atom. The Labute approximate surface area is 111 Å². The second kappa shape index (κ2) is 12.2. The molecule has 0 bridgehead atoms. The third-order valence-corrected chi connectivity index (χ3v) is 2.73. The summed E-state index contributed by atoms with van der Waals surface area (Å²) in [6.07, 6.45) is 17.7. The molecule has 0 aliphatic rings. The zero-order valence-electron chi connectivity index (χ0n) is 11.7. The van der Waals surface area contributed by atoms with E-state index >= 15 is 0 Å². The summed E-state index contributed by atoms with van der Waals surface area (Å²) in [5, 5.41) is 8.87. The number of aliphatic carboxylic acids is 1. The van der Waals surface area contributed by atoms with Gasteiger partial charge in [0.1, 0.15) is 0 Å². The Bertz CT molecular complexity index is 298. The van der Waals surface area contributed by atoms with E-state index in [1.165, 1.54) is 38.5 Å².